The first kappa shape index (κ1) is 23.4. The van der Waals surface area contributed by atoms with E-state index < -0.39 is 10.0 Å². The second-order valence-electron chi connectivity index (χ2n) is 7.99. The molecule has 34 heavy (non-hydrogen) atoms. The number of aromatic nitrogens is 2. The third-order valence-corrected chi connectivity index (χ3v) is 10.4. The van der Waals surface area contributed by atoms with Crippen molar-refractivity contribution in [2.45, 2.75) is 23.6 Å². The lowest BCUT2D eigenvalue weighted by atomic mass is 9.96. The van der Waals surface area contributed by atoms with Crippen LogP contribution in [0.4, 0.5) is 5.13 Å². The van der Waals surface area contributed by atoms with E-state index >= 15 is 0 Å². The molecule has 3 aromatic heterocycles. The van der Waals surface area contributed by atoms with Crippen molar-refractivity contribution in [3.05, 3.63) is 70.8 Å². The molecule has 0 saturated carbocycles. The van der Waals surface area contributed by atoms with E-state index in [4.69, 9.17) is 16.6 Å². The Labute approximate surface area is 210 Å². The van der Waals surface area contributed by atoms with Crippen molar-refractivity contribution in [2.75, 3.05) is 18.0 Å². The fraction of sp³-hybridized carbons (Fsp3) is 0.261. The molecule has 4 aromatic rings. The van der Waals surface area contributed by atoms with Crippen molar-refractivity contribution in [1.82, 2.24) is 14.3 Å². The van der Waals surface area contributed by atoms with Gasteiger partial charge in [-0.15, -0.1) is 11.3 Å². The number of rotatable bonds is 6. The van der Waals surface area contributed by atoms with E-state index in [1.54, 1.807) is 23.4 Å². The molecule has 5 rings (SSSR count). The van der Waals surface area contributed by atoms with E-state index in [2.05, 4.69) is 4.98 Å². The molecule has 1 aliphatic rings. The Hall–Kier alpha value is -2.37. The number of hydrogen-bond acceptors (Lipinski definition) is 7. The smallest absolute Gasteiger partial charge is 0.252 e. The zero-order valence-corrected chi connectivity index (χ0v) is 21.2. The number of para-hydroxylation sites is 1. The monoisotopic (exact) mass is 532 g/mol. The molecule has 1 fully saturated rings. The summed E-state index contributed by atoms with van der Waals surface area (Å²) in [6, 6.07) is 14.7. The van der Waals surface area contributed by atoms with Gasteiger partial charge in [0.1, 0.15) is 4.21 Å². The van der Waals surface area contributed by atoms with Gasteiger partial charge in [0.05, 0.1) is 21.1 Å². The Morgan fingerprint density at radius 2 is 1.88 bits per heavy atom. The molecule has 1 saturated heterocycles. The molecule has 176 valence electrons. The maximum atomic E-state index is 13.7. The number of hydrogen-bond donors (Lipinski definition) is 0. The first-order chi connectivity index (χ1) is 16.4. The SMILES string of the molecule is O=C(C1CCN(S(=O)(=O)c2ccc(Cl)s2)CC1)N(Cc1cccnc1)c1nc2ccccc2s1. The van der Waals surface area contributed by atoms with Gasteiger partial charge in [-0.05, 0) is 48.7 Å². The second-order valence-corrected chi connectivity index (χ2v) is 12.9. The Kier molecular flexibility index (Phi) is 6.67. The Balaban J connectivity index is 1.36. The first-order valence-electron chi connectivity index (χ1n) is 10.7. The van der Waals surface area contributed by atoms with Crippen LogP contribution in [0, 0.1) is 5.92 Å². The topological polar surface area (TPSA) is 83.5 Å². The van der Waals surface area contributed by atoms with Crippen LogP contribution in [0.5, 0.6) is 0 Å². The van der Waals surface area contributed by atoms with Crippen molar-refractivity contribution in [3.63, 3.8) is 0 Å². The number of pyridine rings is 1. The average molecular weight is 533 g/mol. The van der Waals surface area contributed by atoms with E-state index in [1.807, 2.05) is 36.4 Å². The van der Waals surface area contributed by atoms with Crippen LogP contribution >= 0.6 is 34.3 Å². The molecule has 0 spiro atoms. The maximum absolute atomic E-state index is 13.7. The number of anilines is 1. The number of thiazole rings is 1. The second kappa shape index (κ2) is 9.71. The van der Waals surface area contributed by atoms with E-state index in [0.717, 1.165) is 27.1 Å². The number of thiophene rings is 1. The number of carbonyl (C=O) groups excluding carboxylic acids is 1. The van der Waals surface area contributed by atoms with Crippen molar-refractivity contribution < 1.29 is 13.2 Å². The number of nitrogens with zero attached hydrogens (tertiary/aromatic N) is 4. The van der Waals surface area contributed by atoms with Crippen LogP contribution < -0.4 is 4.90 Å². The summed E-state index contributed by atoms with van der Waals surface area (Å²) in [5.41, 5.74) is 1.76. The number of fused-ring (bicyclic) bond motifs is 1. The highest BCUT2D eigenvalue weighted by Gasteiger charge is 2.35. The summed E-state index contributed by atoms with van der Waals surface area (Å²) in [5.74, 6) is -0.332. The normalized spacial score (nSPS) is 15.6. The third-order valence-electron chi connectivity index (χ3n) is 5.79. The number of piperidine rings is 1. The molecule has 1 amide bonds. The van der Waals surface area contributed by atoms with Gasteiger partial charge in [-0.3, -0.25) is 14.7 Å². The highest BCUT2D eigenvalue weighted by Crippen LogP contribution is 2.34. The summed E-state index contributed by atoms with van der Waals surface area (Å²) >= 11 is 8.46. The van der Waals surface area contributed by atoms with Crippen LogP contribution in [0.15, 0.2) is 65.1 Å². The first-order valence-corrected chi connectivity index (χ1v) is 14.2. The zero-order chi connectivity index (χ0) is 23.7. The lowest BCUT2D eigenvalue weighted by Crippen LogP contribution is -2.44. The largest absolute Gasteiger partial charge is 0.283 e. The minimum Gasteiger partial charge on any atom is -0.283 e. The molecule has 0 radical (unpaired) electrons. The molecule has 11 heteroatoms. The summed E-state index contributed by atoms with van der Waals surface area (Å²) in [6.45, 7) is 0.933. The molecule has 0 N–H and O–H groups in total. The van der Waals surface area contributed by atoms with Gasteiger partial charge in [0.25, 0.3) is 10.0 Å². The molecule has 7 nitrogen and oxygen atoms in total. The highest BCUT2D eigenvalue weighted by molar-refractivity contribution is 7.91. The fourth-order valence-corrected chi connectivity index (χ4v) is 8.09. The minimum absolute atomic E-state index is 0.0425. The van der Waals surface area contributed by atoms with Crippen molar-refractivity contribution >= 4 is 65.6 Å². The number of benzene rings is 1. The van der Waals surface area contributed by atoms with Gasteiger partial charge in [0, 0.05) is 31.4 Å². The van der Waals surface area contributed by atoms with E-state index in [9.17, 15) is 13.2 Å². The van der Waals surface area contributed by atoms with Crippen LogP contribution in [-0.4, -0.2) is 41.7 Å². The van der Waals surface area contributed by atoms with Crippen LogP contribution in [0.25, 0.3) is 10.2 Å². The number of amides is 1. The van der Waals surface area contributed by atoms with Crippen LogP contribution in [0.1, 0.15) is 18.4 Å². The van der Waals surface area contributed by atoms with Crippen LogP contribution in [-0.2, 0) is 21.4 Å². The summed E-state index contributed by atoms with van der Waals surface area (Å²) in [7, 11) is -3.60. The Morgan fingerprint density at radius 3 is 2.56 bits per heavy atom. The lowest BCUT2D eigenvalue weighted by molar-refractivity contribution is -0.123. The molecule has 0 aliphatic carbocycles. The zero-order valence-electron chi connectivity index (χ0n) is 18.0. The molecular weight excluding hydrogens is 512 g/mol. The number of carbonyl (C=O) groups is 1. The predicted octanol–water partition coefficient (Wildman–Crippen LogP) is 5.04. The van der Waals surface area contributed by atoms with Gasteiger partial charge in [0.2, 0.25) is 5.91 Å². The van der Waals surface area contributed by atoms with Crippen molar-refractivity contribution in [2.24, 2.45) is 5.92 Å². The van der Waals surface area contributed by atoms with E-state index in [0.29, 0.717) is 28.9 Å². The van der Waals surface area contributed by atoms with E-state index in [1.165, 1.54) is 21.7 Å². The number of sulfonamides is 1. The van der Waals surface area contributed by atoms with Crippen LogP contribution in [0.2, 0.25) is 4.34 Å². The average Bonchev–Trinajstić information content (AvgIpc) is 3.49. The van der Waals surface area contributed by atoms with Gasteiger partial charge in [-0.1, -0.05) is 41.1 Å². The van der Waals surface area contributed by atoms with Gasteiger partial charge in [-0.2, -0.15) is 4.31 Å². The standard InChI is InChI=1S/C23H21ClN4O3S3/c24-20-7-8-21(33-20)34(30,31)27-12-9-17(10-13-27)22(29)28(15-16-4-3-11-25-14-16)23-26-18-5-1-2-6-19(18)32-23/h1-8,11,14,17H,9-10,12-13,15H2. The van der Waals surface area contributed by atoms with Gasteiger partial charge in [0.15, 0.2) is 5.13 Å². The van der Waals surface area contributed by atoms with E-state index in [-0.39, 0.29) is 29.1 Å². The number of halogens is 1. The molecular formula is C23H21ClN4O3S3. The Bertz CT molecular complexity index is 1380. The molecule has 0 atom stereocenters. The quantitative estimate of drug-likeness (QED) is 0.347. The van der Waals surface area contributed by atoms with Gasteiger partial charge >= 0.3 is 0 Å². The van der Waals surface area contributed by atoms with Crippen molar-refractivity contribution in [3.8, 4) is 0 Å². The molecule has 1 aromatic carbocycles. The molecule has 0 bridgehead atoms. The molecule has 4 heterocycles. The van der Waals surface area contributed by atoms with Gasteiger partial charge in [-0.25, -0.2) is 13.4 Å². The lowest BCUT2D eigenvalue weighted by Gasteiger charge is -2.32. The van der Waals surface area contributed by atoms with Crippen molar-refractivity contribution in [1.29, 1.82) is 0 Å². The maximum Gasteiger partial charge on any atom is 0.252 e. The highest BCUT2D eigenvalue weighted by atomic mass is 35.5. The minimum atomic E-state index is -3.60. The summed E-state index contributed by atoms with van der Waals surface area (Å²) < 4.78 is 29.0. The summed E-state index contributed by atoms with van der Waals surface area (Å²) in [4.78, 5) is 24.3. The van der Waals surface area contributed by atoms with Gasteiger partial charge < -0.3 is 0 Å². The summed E-state index contributed by atoms with van der Waals surface area (Å²) in [6.07, 6.45) is 4.34. The van der Waals surface area contributed by atoms with Crippen LogP contribution in [0.3, 0.4) is 0 Å². The Morgan fingerprint density at radius 1 is 1.09 bits per heavy atom. The molecule has 1 aliphatic heterocycles. The third kappa shape index (κ3) is 4.73. The predicted molar refractivity (Wildman–Crippen MR) is 136 cm³/mol. The molecule has 0 unspecified atom stereocenters. The fourth-order valence-electron chi connectivity index (χ4n) is 4.02. The summed E-state index contributed by atoms with van der Waals surface area (Å²) in [5, 5.41) is 0.637.